The van der Waals surface area contributed by atoms with Crippen LogP contribution in [0.4, 0.5) is 0 Å². The molecule has 0 spiro atoms. The summed E-state index contributed by atoms with van der Waals surface area (Å²) in [5.41, 5.74) is 0. The van der Waals surface area contributed by atoms with Crippen LogP contribution in [0.15, 0.2) is 11.9 Å². The molecule has 0 aromatic carbocycles. The molecule has 0 aromatic rings. The van der Waals surface area contributed by atoms with E-state index in [1.165, 1.54) is 20.8 Å². The van der Waals surface area contributed by atoms with Gasteiger partial charge in [0, 0.05) is 45.3 Å². The van der Waals surface area contributed by atoms with E-state index in [2.05, 4.69) is 0 Å². The van der Waals surface area contributed by atoms with Crippen LogP contribution >= 0.6 is 7.60 Å². The van der Waals surface area contributed by atoms with Crippen LogP contribution in [0, 0.1) is 37.7 Å². The molecule has 0 aromatic heterocycles. The van der Waals surface area contributed by atoms with E-state index in [1.54, 1.807) is 0 Å². The first-order valence-electron chi connectivity index (χ1n) is 4.23. The third-order valence-corrected chi connectivity index (χ3v) is 2.56. The molecule has 1 unspecified atom stereocenters. The van der Waals surface area contributed by atoms with Gasteiger partial charge in [-0.2, -0.15) is 6.61 Å². The average molecular weight is 473 g/mol. The summed E-state index contributed by atoms with van der Waals surface area (Å²) >= 11 is 0. The molecular formula is C8H12O6PU-3. The van der Waals surface area contributed by atoms with Crippen LogP contribution < -0.4 is 9.79 Å². The molecule has 0 saturated carbocycles. The van der Waals surface area contributed by atoms with Crippen molar-refractivity contribution in [3.8, 4) is 0 Å². The number of methoxy groups -OCH3 is 2. The molecule has 6 nitrogen and oxygen atoms in total. The van der Waals surface area contributed by atoms with Crippen molar-refractivity contribution in [2.75, 3.05) is 14.2 Å². The molecule has 1 heterocycles. The summed E-state index contributed by atoms with van der Waals surface area (Å²) in [7, 11) is -1.72. The molecular weight excluding hydrogens is 461 g/mol. The fourth-order valence-corrected chi connectivity index (χ4v) is 1.69. The average Bonchev–Trinajstić information content (AvgIpc) is 2.55. The van der Waals surface area contributed by atoms with Crippen LogP contribution in [-0.2, 0) is 18.8 Å². The molecule has 1 saturated heterocycles. The van der Waals surface area contributed by atoms with Crippen molar-refractivity contribution < 1.29 is 59.7 Å². The molecule has 3 atom stereocenters. The first kappa shape index (κ1) is 16.8. The Labute approximate surface area is 118 Å². The van der Waals surface area contributed by atoms with E-state index in [0.717, 1.165) is 6.08 Å². The van der Waals surface area contributed by atoms with Gasteiger partial charge in [-0.1, -0.05) is 11.9 Å². The van der Waals surface area contributed by atoms with Crippen molar-refractivity contribution in [1.29, 1.82) is 0 Å². The summed E-state index contributed by atoms with van der Waals surface area (Å²) < 4.78 is 25.6. The second-order valence-electron chi connectivity index (χ2n) is 3.02. The van der Waals surface area contributed by atoms with E-state index in [-0.39, 0.29) is 37.2 Å². The maximum Gasteiger partial charge on any atom is 0.0842 e. The van der Waals surface area contributed by atoms with E-state index < -0.39 is 19.8 Å². The number of ether oxygens (including phenoxy) is 3. The Morgan fingerprint density at radius 1 is 1.38 bits per heavy atom. The minimum Gasteiger partial charge on any atom is -0.808 e. The summed E-state index contributed by atoms with van der Waals surface area (Å²) in [4.78, 5) is 20.8. The van der Waals surface area contributed by atoms with Gasteiger partial charge in [0.05, 0.1) is 12.2 Å². The van der Waals surface area contributed by atoms with E-state index in [9.17, 15) is 14.4 Å². The fourth-order valence-electron chi connectivity index (χ4n) is 1.31. The van der Waals surface area contributed by atoms with Gasteiger partial charge in [0.2, 0.25) is 0 Å². The normalized spacial score (nSPS) is 30.6. The molecule has 0 N–H and O–H groups in total. The monoisotopic (exact) mass is 473 g/mol. The quantitative estimate of drug-likeness (QED) is 0.385. The van der Waals surface area contributed by atoms with Gasteiger partial charge in [0.1, 0.15) is 0 Å². The first-order chi connectivity index (χ1) is 6.98. The maximum absolute atomic E-state index is 10.4. The van der Waals surface area contributed by atoms with Gasteiger partial charge in [-0.3, -0.25) is 0 Å². The first-order valence-corrected chi connectivity index (χ1v) is 5.84. The Bertz CT molecular complexity index is 278. The fraction of sp³-hybridized carbons (Fsp3) is 0.625. The van der Waals surface area contributed by atoms with Gasteiger partial charge in [-0.05, 0) is 13.7 Å². The Morgan fingerprint density at radius 3 is 2.44 bits per heavy atom. The van der Waals surface area contributed by atoms with E-state index >= 15 is 0 Å². The van der Waals surface area contributed by atoms with Gasteiger partial charge in [-0.15, -0.1) is 0 Å². The van der Waals surface area contributed by atoms with Crippen LogP contribution in [0.3, 0.4) is 0 Å². The van der Waals surface area contributed by atoms with Crippen molar-refractivity contribution in [3.05, 3.63) is 18.5 Å². The molecule has 0 aliphatic carbocycles. The molecule has 8 heteroatoms. The third-order valence-electron chi connectivity index (χ3n) is 2.02. The van der Waals surface area contributed by atoms with Crippen molar-refractivity contribution in [2.45, 2.75) is 18.3 Å². The predicted molar refractivity (Wildman–Crippen MR) is 47.5 cm³/mol. The summed E-state index contributed by atoms with van der Waals surface area (Å²) in [5.74, 6) is 0.579. The molecule has 1 fully saturated rings. The largest absolute Gasteiger partial charge is 0.808 e. The van der Waals surface area contributed by atoms with Crippen LogP contribution in [0.5, 0.6) is 0 Å². The Kier molecular flexibility index (Phi) is 7.67. The number of rotatable bonds is 4. The van der Waals surface area contributed by atoms with Crippen molar-refractivity contribution in [3.63, 3.8) is 0 Å². The topological polar surface area (TPSA) is 90.9 Å². The Hall–Kier alpha value is 0.822. The Balaban J connectivity index is 0.00000225. The standard InChI is InChI=1S/C8H14O6P.U/c1-12-7-5-14-6(8(7)13-2)3-4-15(9,10)11;/h3-8H,1-2H3,(H2,9,10,11);/q-1;/p-2/b4-3+;/t6-,7?,8+;/m1./s1. The molecule has 16 heavy (non-hydrogen) atoms. The van der Waals surface area contributed by atoms with Crippen LogP contribution in [0.25, 0.3) is 0 Å². The van der Waals surface area contributed by atoms with Crippen molar-refractivity contribution in [1.82, 2.24) is 0 Å². The summed E-state index contributed by atoms with van der Waals surface area (Å²) in [5, 5.41) is 0. The minimum absolute atomic E-state index is 0. The number of hydrogen-bond acceptors (Lipinski definition) is 6. The van der Waals surface area contributed by atoms with E-state index in [1.807, 2.05) is 0 Å². The predicted octanol–water partition coefficient (Wildman–Crippen LogP) is -0.996. The van der Waals surface area contributed by atoms with Crippen molar-refractivity contribution in [2.24, 2.45) is 0 Å². The van der Waals surface area contributed by atoms with E-state index in [0.29, 0.717) is 5.82 Å². The second-order valence-corrected chi connectivity index (χ2v) is 4.40. The van der Waals surface area contributed by atoms with E-state index in [4.69, 9.17) is 14.2 Å². The van der Waals surface area contributed by atoms with Gasteiger partial charge in [0.15, 0.2) is 0 Å². The molecule has 0 radical (unpaired) electrons. The second kappa shape index (κ2) is 7.30. The summed E-state index contributed by atoms with van der Waals surface area (Å²) in [6.45, 7) is 1.41. The van der Waals surface area contributed by atoms with Crippen LogP contribution in [-0.4, -0.2) is 32.5 Å². The molecule has 92 valence electrons. The molecule has 1 aliphatic heterocycles. The Morgan fingerprint density at radius 2 is 2.00 bits per heavy atom. The molecule has 0 bridgehead atoms. The maximum atomic E-state index is 10.4. The summed E-state index contributed by atoms with van der Waals surface area (Å²) in [6.07, 6.45) is -0.277. The zero-order valence-electron chi connectivity index (χ0n) is 8.86. The number of hydrogen-bond donors (Lipinski definition) is 0. The van der Waals surface area contributed by atoms with Crippen LogP contribution in [0.2, 0.25) is 0 Å². The molecule has 1 aliphatic rings. The zero-order chi connectivity index (χ0) is 11.5. The SMILES string of the molecule is COC1[CH-]O[C@H](/C=C/P(=O)([O-])[O-])[C@@H]1OC.[U]. The van der Waals surface area contributed by atoms with Gasteiger partial charge >= 0.3 is 0 Å². The van der Waals surface area contributed by atoms with Gasteiger partial charge in [-0.25, -0.2) is 0 Å². The minimum atomic E-state index is -4.65. The zero-order valence-corrected chi connectivity index (χ0v) is 13.9. The third kappa shape index (κ3) is 4.99. The van der Waals surface area contributed by atoms with Crippen molar-refractivity contribution >= 4 is 7.60 Å². The molecule has 1 rings (SSSR count). The van der Waals surface area contributed by atoms with Gasteiger partial charge < -0.3 is 28.6 Å². The smallest absolute Gasteiger partial charge is 0.0842 e. The molecule has 0 amide bonds. The summed E-state index contributed by atoms with van der Waals surface area (Å²) in [6, 6.07) is 0. The van der Waals surface area contributed by atoms with Gasteiger partial charge in [0.25, 0.3) is 0 Å². The van der Waals surface area contributed by atoms with Crippen LogP contribution in [0.1, 0.15) is 0 Å².